The Bertz CT molecular complexity index is 549. The second-order valence-electron chi connectivity index (χ2n) is 3.87. The highest BCUT2D eigenvalue weighted by Gasteiger charge is 2.25. The van der Waals surface area contributed by atoms with E-state index in [9.17, 15) is 4.79 Å². The van der Waals surface area contributed by atoms with E-state index in [1.54, 1.807) is 23.5 Å². The molecular formula is C13H11NOS2. The maximum absolute atomic E-state index is 11.4. The van der Waals surface area contributed by atoms with E-state index in [0.717, 1.165) is 4.24 Å². The number of carbonyl (C=O) groups is 1. The molecular weight excluding hydrogens is 250 g/mol. The first-order valence-corrected chi connectivity index (χ1v) is 6.76. The van der Waals surface area contributed by atoms with Gasteiger partial charge in [-0.05, 0) is 31.9 Å². The number of aryl methyl sites for hydroxylation is 2. The number of thioether (sulfide) groups is 2. The Kier molecular flexibility index (Phi) is 3.32. The molecule has 17 heavy (non-hydrogen) atoms. The Balaban J connectivity index is 2.54. The largest absolute Gasteiger partial charge is 0.308 e. The van der Waals surface area contributed by atoms with Crippen LogP contribution in [0.5, 0.6) is 0 Å². The Hall–Kier alpha value is -1.18. The van der Waals surface area contributed by atoms with Gasteiger partial charge >= 0.3 is 0 Å². The number of allylic oxidation sites excluding steroid dienone is 1. The number of hydrogen-bond donors (Lipinski definition) is 0. The highest BCUT2D eigenvalue weighted by Crippen LogP contribution is 2.54. The second kappa shape index (κ2) is 4.59. The van der Waals surface area contributed by atoms with Crippen LogP contribution in [-0.2, 0) is 4.79 Å². The van der Waals surface area contributed by atoms with Crippen LogP contribution < -0.4 is 0 Å². The van der Waals surface area contributed by atoms with Crippen molar-refractivity contribution in [1.29, 1.82) is 0 Å². The number of fused-ring (bicyclic) bond motifs is 1. The summed E-state index contributed by atoms with van der Waals surface area (Å²) < 4.78 is 0.819. The fourth-order valence-electron chi connectivity index (χ4n) is 1.58. The summed E-state index contributed by atoms with van der Waals surface area (Å²) in [6, 6.07) is 4.16. The fourth-order valence-corrected chi connectivity index (χ4v) is 4.41. The molecule has 4 heteroatoms. The molecule has 0 atom stereocenters. The van der Waals surface area contributed by atoms with Crippen molar-refractivity contribution in [3.05, 3.63) is 44.6 Å². The lowest BCUT2D eigenvalue weighted by Crippen LogP contribution is -1.92. The molecule has 0 aromatic heterocycles. The number of Topliss-reactive ketones (excluding diaryl/α,β-unsaturated/α-hetero) is 1. The molecule has 0 fully saturated rings. The van der Waals surface area contributed by atoms with Gasteiger partial charge in [0.1, 0.15) is 0 Å². The molecule has 2 rings (SSSR count). The van der Waals surface area contributed by atoms with Gasteiger partial charge in [-0.3, -0.25) is 0 Å². The topological polar surface area (TPSA) is 21.4 Å². The van der Waals surface area contributed by atoms with Gasteiger partial charge in [-0.25, -0.2) is 4.85 Å². The van der Waals surface area contributed by atoms with Crippen LogP contribution >= 0.6 is 23.5 Å². The minimum atomic E-state index is -0.155. The molecule has 1 aliphatic heterocycles. The van der Waals surface area contributed by atoms with Crippen LogP contribution in [0.1, 0.15) is 18.1 Å². The summed E-state index contributed by atoms with van der Waals surface area (Å²) in [6.45, 7) is 12.6. The van der Waals surface area contributed by atoms with Crippen LogP contribution in [0.3, 0.4) is 0 Å². The molecule has 86 valence electrons. The van der Waals surface area contributed by atoms with Crippen molar-refractivity contribution >= 4 is 29.3 Å². The quantitative estimate of drug-likeness (QED) is 0.559. The van der Waals surface area contributed by atoms with Gasteiger partial charge in [0.25, 0.3) is 0 Å². The average Bonchev–Trinajstić information content (AvgIpc) is 2.70. The zero-order valence-corrected chi connectivity index (χ0v) is 11.5. The lowest BCUT2D eigenvalue weighted by molar-refractivity contribution is -0.113. The van der Waals surface area contributed by atoms with Crippen LogP contribution in [0.15, 0.2) is 31.9 Å². The summed E-state index contributed by atoms with van der Waals surface area (Å²) in [6.07, 6.45) is 0. The number of benzene rings is 1. The molecule has 1 heterocycles. The molecule has 0 unspecified atom stereocenters. The van der Waals surface area contributed by atoms with Crippen molar-refractivity contribution < 1.29 is 4.79 Å². The minimum absolute atomic E-state index is 0.155. The van der Waals surface area contributed by atoms with Crippen molar-refractivity contribution in [1.82, 2.24) is 0 Å². The number of carbonyl (C=O) groups excluding carboxylic acids is 1. The van der Waals surface area contributed by atoms with Crippen LogP contribution in [0.25, 0.3) is 4.85 Å². The van der Waals surface area contributed by atoms with Gasteiger partial charge in [-0.2, -0.15) is 0 Å². The number of hydrogen-bond acceptors (Lipinski definition) is 3. The molecule has 0 N–H and O–H groups in total. The van der Waals surface area contributed by atoms with Gasteiger partial charge in [-0.1, -0.05) is 35.7 Å². The summed E-state index contributed by atoms with van der Waals surface area (Å²) >= 11 is 3.09. The standard InChI is InChI=1S/C13H11NOS2/c1-7-5-6-8(2)12-11(7)16-13(17-12)10(14-4)9(3)15/h5-6H,1-3H3. The predicted molar refractivity (Wildman–Crippen MR) is 71.9 cm³/mol. The van der Waals surface area contributed by atoms with E-state index < -0.39 is 0 Å². The van der Waals surface area contributed by atoms with Crippen molar-refractivity contribution in [2.45, 2.75) is 30.6 Å². The normalized spacial score (nSPS) is 13.2. The fraction of sp³-hybridized carbons (Fsp3) is 0.231. The smallest absolute Gasteiger partial charge is 0.249 e. The molecule has 1 aliphatic rings. The van der Waals surface area contributed by atoms with Crippen LogP contribution in [-0.4, -0.2) is 5.78 Å². The van der Waals surface area contributed by atoms with Gasteiger partial charge in [0, 0.05) is 9.79 Å². The Morgan fingerprint density at radius 3 is 2.00 bits per heavy atom. The van der Waals surface area contributed by atoms with E-state index in [0.29, 0.717) is 0 Å². The molecule has 0 spiro atoms. The first-order chi connectivity index (χ1) is 8.04. The minimum Gasteiger partial charge on any atom is -0.308 e. The molecule has 0 saturated heterocycles. The Morgan fingerprint density at radius 2 is 1.65 bits per heavy atom. The Labute approximate surface area is 109 Å². The molecule has 0 aliphatic carbocycles. The zero-order chi connectivity index (χ0) is 12.6. The second-order valence-corrected chi connectivity index (χ2v) is 6.17. The van der Waals surface area contributed by atoms with E-state index in [1.165, 1.54) is 27.8 Å². The molecule has 1 aromatic rings. The van der Waals surface area contributed by atoms with Gasteiger partial charge in [0.15, 0.2) is 5.78 Å². The van der Waals surface area contributed by atoms with E-state index in [4.69, 9.17) is 6.57 Å². The van der Waals surface area contributed by atoms with E-state index >= 15 is 0 Å². The predicted octanol–water partition coefficient (Wildman–Crippen LogP) is 4.18. The van der Waals surface area contributed by atoms with E-state index in [2.05, 4.69) is 30.8 Å². The highest BCUT2D eigenvalue weighted by atomic mass is 32.2. The third-order valence-corrected chi connectivity index (χ3v) is 5.38. The molecule has 0 bridgehead atoms. The molecule has 0 radical (unpaired) electrons. The monoisotopic (exact) mass is 261 g/mol. The maximum Gasteiger partial charge on any atom is 0.249 e. The summed E-state index contributed by atoms with van der Waals surface area (Å²) in [5, 5.41) is 0. The molecule has 0 amide bonds. The number of rotatable bonds is 1. The maximum atomic E-state index is 11.4. The number of nitrogens with zero attached hydrogens (tertiary/aromatic N) is 1. The summed E-state index contributed by atoms with van der Waals surface area (Å²) in [5.41, 5.74) is 2.66. The number of ketones is 1. The van der Waals surface area contributed by atoms with Gasteiger partial charge in [0.2, 0.25) is 5.70 Å². The van der Waals surface area contributed by atoms with Crippen LogP contribution in [0.4, 0.5) is 0 Å². The third kappa shape index (κ3) is 2.13. The third-order valence-electron chi connectivity index (χ3n) is 2.53. The van der Waals surface area contributed by atoms with Crippen molar-refractivity contribution in [3.63, 3.8) is 0 Å². The van der Waals surface area contributed by atoms with Crippen molar-refractivity contribution in [2.24, 2.45) is 0 Å². The average molecular weight is 261 g/mol. The molecule has 1 aromatic carbocycles. The van der Waals surface area contributed by atoms with Gasteiger partial charge in [-0.15, -0.1) is 0 Å². The first-order valence-electron chi connectivity index (χ1n) is 5.13. The summed E-state index contributed by atoms with van der Waals surface area (Å²) in [4.78, 5) is 17.1. The summed E-state index contributed by atoms with van der Waals surface area (Å²) in [5.74, 6) is -0.155. The van der Waals surface area contributed by atoms with Crippen LogP contribution in [0.2, 0.25) is 0 Å². The van der Waals surface area contributed by atoms with E-state index in [1.807, 2.05) is 0 Å². The molecule has 2 nitrogen and oxygen atoms in total. The van der Waals surface area contributed by atoms with Crippen molar-refractivity contribution in [3.8, 4) is 0 Å². The summed E-state index contributed by atoms with van der Waals surface area (Å²) in [7, 11) is 0. The molecule has 0 saturated carbocycles. The SMILES string of the molecule is [C-]#[N+]C(C(C)=O)=C1Sc2c(C)ccc(C)c2S1. The van der Waals surface area contributed by atoms with Crippen LogP contribution in [0, 0.1) is 20.4 Å². The van der Waals surface area contributed by atoms with Crippen molar-refractivity contribution in [2.75, 3.05) is 0 Å². The van der Waals surface area contributed by atoms with Gasteiger partial charge in [0.05, 0.1) is 10.8 Å². The highest BCUT2D eigenvalue weighted by molar-refractivity contribution is 8.24. The van der Waals surface area contributed by atoms with E-state index in [-0.39, 0.29) is 11.5 Å². The zero-order valence-electron chi connectivity index (χ0n) is 9.83. The lowest BCUT2D eigenvalue weighted by Gasteiger charge is -2.03. The lowest BCUT2D eigenvalue weighted by atomic mass is 10.2. The van der Waals surface area contributed by atoms with Gasteiger partial charge < -0.3 is 4.79 Å². The first kappa shape index (κ1) is 12.3. The Morgan fingerprint density at radius 1 is 1.18 bits per heavy atom.